The van der Waals surface area contributed by atoms with Crippen molar-refractivity contribution in [1.29, 1.82) is 0 Å². The molecule has 2 N–H and O–H groups in total. The van der Waals surface area contributed by atoms with Crippen LogP contribution in [0.25, 0.3) is 0 Å². The first-order valence-corrected chi connectivity index (χ1v) is 15.6. The maximum Gasteiger partial charge on any atom is 0.453 e. The van der Waals surface area contributed by atoms with Crippen LogP contribution >= 0.6 is 11.6 Å². The van der Waals surface area contributed by atoms with Crippen molar-refractivity contribution in [3.8, 4) is 23.0 Å². The number of ether oxygens (including phenoxy) is 6. The van der Waals surface area contributed by atoms with Crippen molar-refractivity contribution in [2.45, 2.75) is 31.3 Å². The summed E-state index contributed by atoms with van der Waals surface area (Å²) in [6.07, 6.45) is -0.184. The zero-order valence-corrected chi connectivity index (χ0v) is 26.6. The van der Waals surface area contributed by atoms with Gasteiger partial charge in [-0.2, -0.15) is 0 Å². The molecular weight excluding hydrogens is 626 g/mol. The van der Waals surface area contributed by atoms with E-state index in [2.05, 4.69) is 5.32 Å². The Bertz CT molecular complexity index is 1560. The molecule has 4 aromatic rings. The second-order valence-corrected chi connectivity index (χ2v) is 11.2. The topological polar surface area (TPSA) is 122 Å². The van der Waals surface area contributed by atoms with Gasteiger partial charge in [-0.1, -0.05) is 66.2 Å². The molecule has 1 aliphatic heterocycles. The molecule has 5 rings (SSSR count). The molecule has 0 aliphatic carbocycles. The maximum absolute atomic E-state index is 13.4. The van der Waals surface area contributed by atoms with Crippen LogP contribution in [0.2, 0.25) is 5.02 Å². The van der Waals surface area contributed by atoms with Gasteiger partial charge < -0.3 is 38.8 Å². The highest BCUT2D eigenvalue weighted by atomic mass is 35.5. The Hall–Kier alpha value is -4.77. The Labute approximate surface area is 278 Å². The fourth-order valence-electron chi connectivity index (χ4n) is 4.81. The van der Waals surface area contributed by atoms with Crippen molar-refractivity contribution in [1.82, 2.24) is 5.32 Å². The molecule has 0 saturated carbocycles. The fourth-order valence-corrected chi connectivity index (χ4v) is 5.00. The minimum atomic E-state index is -2.51. The van der Waals surface area contributed by atoms with Gasteiger partial charge in [0.25, 0.3) is 0 Å². The molecule has 1 aliphatic rings. The average Bonchev–Trinajstić information content (AvgIpc) is 3.49. The minimum Gasteiger partial charge on any atom is -0.490 e. The summed E-state index contributed by atoms with van der Waals surface area (Å²) in [6, 6.07) is 30.2. The van der Waals surface area contributed by atoms with Gasteiger partial charge >= 0.3 is 17.7 Å². The van der Waals surface area contributed by atoms with Crippen molar-refractivity contribution in [2.75, 3.05) is 33.0 Å². The molecule has 0 fully saturated rings. The third-order valence-corrected chi connectivity index (χ3v) is 7.38. The third kappa shape index (κ3) is 9.16. The summed E-state index contributed by atoms with van der Waals surface area (Å²) in [5.74, 6) is -3.09. The van der Waals surface area contributed by atoms with Crippen LogP contribution < -0.4 is 24.3 Å². The van der Waals surface area contributed by atoms with Gasteiger partial charge in [0.1, 0.15) is 37.9 Å². The number of halogens is 1. The zero-order chi connectivity index (χ0) is 33.1. The van der Waals surface area contributed by atoms with E-state index in [-0.39, 0.29) is 44.0 Å². The van der Waals surface area contributed by atoms with E-state index in [0.29, 0.717) is 35.1 Å². The maximum atomic E-state index is 13.4. The summed E-state index contributed by atoms with van der Waals surface area (Å²) in [5.41, 5.74) is 1.56. The highest BCUT2D eigenvalue weighted by molar-refractivity contribution is 6.30. The van der Waals surface area contributed by atoms with E-state index >= 15 is 0 Å². The van der Waals surface area contributed by atoms with E-state index in [9.17, 15) is 14.7 Å². The normalized spacial score (nSPS) is 14.1. The molecule has 4 aromatic carbocycles. The zero-order valence-electron chi connectivity index (χ0n) is 25.8. The van der Waals surface area contributed by atoms with E-state index in [4.69, 9.17) is 40.0 Å². The molecule has 0 spiro atoms. The van der Waals surface area contributed by atoms with Gasteiger partial charge in [-0.25, -0.2) is 9.59 Å². The minimum absolute atomic E-state index is 0.0415. The summed E-state index contributed by atoms with van der Waals surface area (Å²) in [6.45, 7) is 2.04. The molecule has 1 heterocycles. The number of fused-ring (bicyclic) bond motifs is 1. The molecule has 11 heteroatoms. The number of aliphatic hydroxyl groups is 1. The lowest BCUT2D eigenvalue weighted by atomic mass is 10.1. The van der Waals surface area contributed by atoms with Crippen LogP contribution in [0.1, 0.15) is 24.2 Å². The molecule has 0 aromatic heterocycles. The van der Waals surface area contributed by atoms with Crippen LogP contribution in [0.5, 0.6) is 23.0 Å². The average molecular weight is 662 g/mol. The molecule has 0 amide bonds. The van der Waals surface area contributed by atoms with E-state index in [0.717, 1.165) is 5.56 Å². The number of esters is 2. The third-order valence-electron chi connectivity index (χ3n) is 7.14. The number of carbonyl (C=O) groups is 2. The van der Waals surface area contributed by atoms with E-state index in [1.807, 2.05) is 55.5 Å². The van der Waals surface area contributed by atoms with Gasteiger partial charge in [0.15, 0.2) is 11.5 Å². The Morgan fingerprint density at radius 3 is 1.96 bits per heavy atom. The molecule has 47 heavy (non-hydrogen) atoms. The van der Waals surface area contributed by atoms with Crippen molar-refractivity contribution < 1.29 is 43.1 Å². The number of para-hydroxylation sites is 2. The Morgan fingerprint density at radius 2 is 1.36 bits per heavy atom. The summed E-state index contributed by atoms with van der Waals surface area (Å²) >= 11 is 6.05. The van der Waals surface area contributed by atoms with E-state index < -0.39 is 23.8 Å². The van der Waals surface area contributed by atoms with Crippen LogP contribution in [-0.4, -0.2) is 61.8 Å². The van der Waals surface area contributed by atoms with E-state index in [1.54, 1.807) is 54.6 Å². The Kier molecular flexibility index (Phi) is 11.6. The molecule has 2 atom stereocenters. The summed E-state index contributed by atoms with van der Waals surface area (Å²) in [5, 5.41) is 14.4. The van der Waals surface area contributed by atoms with Gasteiger partial charge in [0.05, 0.1) is 6.10 Å². The van der Waals surface area contributed by atoms with Crippen LogP contribution in [0.3, 0.4) is 0 Å². The van der Waals surface area contributed by atoms with Gasteiger partial charge in [-0.15, -0.1) is 0 Å². The highest BCUT2D eigenvalue weighted by Gasteiger charge is 2.60. The van der Waals surface area contributed by atoms with Gasteiger partial charge in [0, 0.05) is 17.6 Å². The van der Waals surface area contributed by atoms with Gasteiger partial charge in [0.2, 0.25) is 0 Å². The lowest BCUT2D eigenvalue weighted by Crippen LogP contribution is -2.56. The quantitative estimate of drug-likeness (QED) is 0.0929. The standard InChI is InChI=1S/C36H36ClNO9/c1-25(38-24-31(39)27-9-8-10-28(37)23-27)21-26-15-16-32-33(22-26)47-36(46-32,34(40)44-19-17-42-29-11-4-2-5-12-29)35(41)45-20-18-43-30-13-6-3-7-14-30/h2-16,22-23,25,31,38-39H,17-21,24H2,1H3/t25-,31+/m1/s1. The smallest absolute Gasteiger partial charge is 0.453 e. The second kappa shape index (κ2) is 16.2. The first-order valence-electron chi connectivity index (χ1n) is 15.2. The first-order chi connectivity index (χ1) is 22.8. The van der Waals surface area contributed by atoms with Gasteiger partial charge in [-0.3, -0.25) is 0 Å². The Morgan fingerprint density at radius 1 is 0.766 bits per heavy atom. The van der Waals surface area contributed by atoms with Crippen molar-refractivity contribution in [2.24, 2.45) is 0 Å². The monoisotopic (exact) mass is 661 g/mol. The van der Waals surface area contributed by atoms with Crippen molar-refractivity contribution in [3.05, 3.63) is 119 Å². The van der Waals surface area contributed by atoms with Crippen LogP contribution in [0.4, 0.5) is 0 Å². The Balaban J connectivity index is 1.20. The highest BCUT2D eigenvalue weighted by Crippen LogP contribution is 2.41. The predicted octanol–water partition coefficient (Wildman–Crippen LogP) is 5.31. The number of hydrogen-bond donors (Lipinski definition) is 2. The van der Waals surface area contributed by atoms with Crippen LogP contribution in [0, 0.1) is 0 Å². The SMILES string of the molecule is C[C@H](Cc1ccc2c(c1)OC(C(=O)OCCOc1ccccc1)(C(=O)OCCOc1ccccc1)O2)NC[C@H](O)c1cccc(Cl)c1. The van der Waals surface area contributed by atoms with Crippen LogP contribution in [0.15, 0.2) is 103 Å². The van der Waals surface area contributed by atoms with Crippen molar-refractivity contribution in [3.63, 3.8) is 0 Å². The number of aliphatic hydroxyl groups excluding tert-OH is 1. The number of nitrogens with one attached hydrogen (secondary N) is 1. The second-order valence-electron chi connectivity index (χ2n) is 10.8. The molecule has 0 unspecified atom stereocenters. The largest absolute Gasteiger partial charge is 0.490 e. The molecule has 246 valence electrons. The fraction of sp³-hybridized carbons (Fsp3) is 0.278. The summed E-state index contributed by atoms with van der Waals surface area (Å²) < 4.78 is 33.7. The molecule has 0 saturated heterocycles. The molecule has 0 bridgehead atoms. The number of rotatable bonds is 16. The number of benzene rings is 4. The van der Waals surface area contributed by atoms with Crippen molar-refractivity contribution >= 4 is 23.5 Å². The predicted molar refractivity (Wildman–Crippen MR) is 174 cm³/mol. The van der Waals surface area contributed by atoms with E-state index in [1.165, 1.54) is 0 Å². The summed E-state index contributed by atoms with van der Waals surface area (Å²) in [7, 11) is 0. The molecule has 0 radical (unpaired) electrons. The van der Waals surface area contributed by atoms with Gasteiger partial charge in [-0.05, 0) is 73.0 Å². The molecular formula is C36H36ClNO9. The van der Waals surface area contributed by atoms with Crippen LogP contribution in [-0.2, 0) is 25.5 Å². The first kappa shape index (κ1) is 33.6. The number of hydrogen-bond acceptors (Lipinski definition) is 10. The summed E-state index contributed by atoms with van der Waals surface area (Å²) in [4.78, 5) is 26.8. The number of carbonyl (C=O) groups excluding carboxylic acids is 2. The lowest BCUT2D eigenvalue weighted by molar-refractivity contribution is -0.203. The lowest BCUT2D eigenvalue weighted by Gasteiger charge is -2.23. The molecule has 10 nitrogen and oxygen atoms in total.